The summed E-state index contributed by atoms with van der Waals surface area (Å²) in [5.41, 5.74) is 0.236. The van der Waals surface area contributed by atoms with Gasteiger partial charge in [0.1, 0.15) is 6.11 Å². The molecule has 1 aromatic rings. The third kappa shape index (κ3) is 36.5. The Kier molecular flexibility index (Phi) is 41.1. The van der Waals surface area contributed by atoms with E-state index in [2.05, 4.69) is 103 Å². The number of terminal acetylenes is 1. The molecule has 1 aromatic carbocycles. The van der Waals surface area contributed by atoms with Gasteiger partial charge >= 0.3 is 0 Å². The van der Waals surface area contributed by atoms with E-state index in [1.165, 1.54) is 186 Å². The molecule has 0 unspecified atom stereocenters. The van der Waals surface area contributed by atoms with Gasteiger partial charge in [-0.15, -0.1) is 6.42 Å². The summed E-state index contributed by atoms with van der Waals surface area (Å²) in [6.07, 6.45) is 49.2. The van der Waals surface area contributed by atoms with Crippen LogP contribution in [0.4, 0.5) is 0 Å². The van der Waals surface area contributed by atoms with Gasteiger partial charge in [0.2, 0.25) is 5.75 Å². The van der Waals surface area contributed by atoms with Gasteiger partial charge in [0.15, 0.2) is 11.5 Å². The Bertz CT molecular complexity index is 1950. The van der Waals surface area contributed by atoms with E-state index >= 15 is 0 Å². The third-order valence-electron chi connectivity index (χ3n) is 10.8. The lowest BCUT2D eigenvalue weighted by atomic mass is 10.0. The number of rotatable bonds is 38. The molecule has 0 spiro atoms. The molecule has 0 fully saturated rings. The van der Waals surface area contributed by atoms with Gasteiger partial charge < -0.3 is 14.2 Å². The zero-order chi connectivity index (χ0) is 46.1. The van der Waals surface area contributed by atoms with Gasteiger partial charge in [-0.05, 0) is 78.0 Å². The van der Waals surface area contributed by atoms with Crippen LogP contribution >= 0.6 is 11.6 Å². The van der Waals surface area contributed by atoms with Crippen molar-refractivity contribution in [3.8, 4) is 113 Å². The molecule has 0 atom stereocenters. The monoisotopic (exact) mass is 921 g/mol. The van der Waals surface area contributed by atoms with Crippen LogP contribution in [0.5, 0.6) is 17.2 Å². The van der Waals surface area contributed by atoms with E-state index in [1.807, 2.05) is 0 Å². The average Bonchev–Trinajstić information content (AvgIpc) is 3.30. The van der Waals surface area contributed by atoms with E-state index in [0.29, 0.717) is 24.7 Å². The van der Waals surface area contributed by atoms with E-state index in [4.69, 9.17) is 32.2 Å². The summed E-state index contributed by atoms with van der Waals surface area (Å²) in [7, 11) is 0. The summed E-state index contributed by atoms with van der Waals surface area (Å²) in [6.45, 7) is 5.53. The fraction of sp³-hybridized carbons (Fsp3) is 0.610. The molecule has 5 heteroatoms. The zero-order valence-electron chi connectivity index (χ0n) is 39.8. The normalized spacial score (nSPS) is 9.53. The van der Waals surface area contributed by atoms with Crippen LogP contribution in [0.1, 0.15) is 255 Å². The maximum absolute atomic E-state index is 12.3. The molecule has 380 valence electrons. The molecule has 0 amide bonds. The molecule has 0 saturated heterocycles. The Balaban J connectivity index is -0.000000142. The van der Waals surface area contributed by atoms with E-state index in [1.54, 1.807) is 6.07 Å². The summed E-state index contributed by atoms with van der Waals surface area (Å²) < 4.78 is 18.3. The molecule has 0 aliphatic carbocycles. The van der Waals surface area contributed by atoms with Crippen molar-refractivity contribution in [1.82, 2.24) is 0 Å². The number of benzene rings is 1. The van der Waals surface area contributed by atoms with Crippen molar-refractivity contribution in [3.05, 3.63) is 17.7 Å². The topological polar surface area (TPSA) is 44.8 Å². The second kappa shape index (κ2) is 46.1. The Morgan fingerprint density at radius 2 is 0.734 bits per heavy atom. The smallest absolute Gasteiger partial charge is 0.252 e. The van der Waals surface area contributed by atoms with Crippen LogP contribution in [0.2, 0.25) is 0 Å². The molecule has 0 bridgehead atoms. The molecule has 0 radical (unpaired) electrons. The van der Waals surface area contributed by atoms with E-state index < -0.39 is 5.24 Å². The molecular weight excluding hydrogens is 808 g/mol. The molecule has 4 nitrogen and oxygen atoms in total. The predicted molar refractivity (Wildman–Crippen MR) is 309 cm³/mol. The molecule has 0 aromatic heterocycles. The first-order valence-corrected chi connectivity index (χ1v) is 25.3. The summed E-state index contributed by atoms with van der Waals surface area (Å²) in [5, 5.41) is -0.625. The molecule has 1 rings (SSSR count). The van der Waals surface area contributed by atoms with Crippen LogP contribution in [0.15, 0.2) is 12.1 Å². The SMILES string of the molecule is C#CC#CC#CC#CC#CC#CC#CC#COc1cc(C(=O)Cl)cc(OCCCCCCCCCCCCCCCCCC)c1OCCCCCCCCCCCCCCCCCC.[HH].[HH].[HH].[HH].[HH].[HH].[HH].[HH].[HH].[HH].[HH].[HH].[HH].[HH].[HH].[HH].[HH].[HH]. The first kappa shape index (κ1) is 57.1. The van der Waals surface area contributed by atoms with E-state index in [0.717, 1.165) is 25.7 Å². The van der Waals surface area contributed by atoms with Gasteiger partial charge in [-0.2, -0.15) is 0 Å². The van der Waals surface area contributed by atoms with Crippen molar-refractivity contribution in [3.63, 3.8) is 0 Å². The van der Waals surface area contributed by atoms with E-state index in [-0.39, 0.29) is 37.0 Å². The quantitative estimate of drug-likeness (QED) is 0.0377. The third-order valence-corrected chi connectivity index (χ3v) is 11.0. The van der Waals surface area contributed by atoms with Gasteiger partial charge in [-0.25, -0.2) is 0 Å². The second-order valence-corrected chi connectivity index (χ2v) is 16.7. The van der Waals surface area contributed by atoms with Crippen molar-refractivity contribution in [1.29, 1.82) is 0 Å². The zero-order valence-corrected chi connectivity index (χ0v) is 40.5. The highest BCUT2D eigenvalue weighted by Gasteiger charge is 2.18. The Morgan fingerprint density at radius 1 is 0.438 bits per heavy atom. The Hall–Kier alpha value is -4.94. The summed E-state index contributed by atoms with van der Waals surface area (Å²) >= 11 is 5.96. The summed E-state index contributed by atoms with van der Waals surface area (Å²) in [4.78, 5) is 12.3. The maximum atomic E-state index is 12.3. The van der Waals surface area contributed by atoms with Crippen LogP contribution in [-0.4, -0.2) is 18.5 Å². The molecule has 0 aliphatic rings. The second-order valence-electron chi connectivity index (χ2n) is 16.4. The molecule has 0 aliphatic heterocycles. The molecule has 0 N–H and O–H groups in total. The average molecular weight is 922 g/mol. The van der Waals surface area contributed by atoms with Crippen LogP contribution in [0, 0.1) is 95.4 Å². The maximum Gasteiger partial charge on any atom is 0.252 e. The first-order valence-electron chi connectivity index (χ1n) is 24.9. The molecule has 0 heterocycles. The molecular formula is C59H113ClO4. The van der Waals surface area contributed by atoms with Gasteiger partial charge in [0.05, 0.1) is 13.2 Å². The van der Waals surface area contributed by atoms with Gasteiger partial charge in [0.25, 0.3) is 5.24 Å². The van der Waals surface area contributed by atoms with Crippen molar-refractivity contribution >= 4 is 16.8 Å². The molecule has 64 heavy (non-hydrogen) atoms. The highest BCUT2D eigenvalue weighted by Crippen LogP contribution is 2.40. The standard InChI is InChI=1S/C59H77ClO4.18H2/c1-4-7-10-13-16-19-22-25-28-30-33-36-39-42-45-48-51-63-57-54-55(59(60)61)53-56(62-50-47-44-41-38-35-32-27-24-21-18-15-12-9-6-3)58(57)64-52-49-46-43-40-37-34-31-29-26-23-20-17-14-11-8-5-2;;;;;;;;;;;;;;;;;;/h3,53-54H,4-5,7-8,10-11,13-14,16-17,19-20,22-23,25-26,28-31,33-34,36-37,39-40,42-43,45-46,48-49,51-52H2,1-2H3;18*1H. The fourth-order valence-electron chi connectivity index (χ4n) is 7.16. The number of hydrogen-bond donors (Lipinski definition) is 0. The van der Waals surface area contributed by atoms with Gasteiger partial charge in [0, 0.05) is 72.7 Å². The lowest BCUT2D eigenvalue weighted by Gasteiger charge is -2.16. The van der Waals surface area contributed by atoms with Crippen LogP contribution in [0.25, 0.3) is 0 Å². The Labute approximate surface area is 423 Å². The minimum Gasteiger partial charge on any atom is -0.490 e. The minimum atomic E-state index is -0.625. The van der Waals surface area contributed by atoms with Gasteiger partial charge in [-0.1, -0.05) is 206 Å². The lowest BCUT2D eigenvalue weighted by molar-refractivity contribution is 0.108. The molecule has 0 saturated carbocycles. The largest absolute Gasteiger partial charge is 0.490 e. The highest BCUT2D eigenvalue weighted by molar-refractivity contribution is 6.67. The van der Waals surface area contributed by atoms with E-state index in [9.17, 15) is 4.79 Å². The van der Waals surface area contributed by atoms with Gasteiger partial charge in [-0.3, -0.25) is 4.79 Å². The van der Waals surface area contributed by atoms with Crippen LogP contribution in [-0.2, 0) is 0 Å². The number of unbranched alkanes of at least 4 members (excludes halogenated alkanes) is 30. The first-order chi connectivity index (χ1) is 31.6. The lowest BCUT2D eigenvalue weighted by Crippen LogP contribution is -2.06. The van der Waals surface area contributed by atoms with Crippen molar-refractivity contribution in [2.75, 3.05) is 13.2 Å². The van der Waals surface area contributed by atoms with Crippen molar-refractivity contribution in [2.45, 2.75) is 219 Å². The number of carbonyl (C=O) groups excluding carboxylic acids is 1. The number of hydrogen-bond acceptors (Lipinski definition) is 4. The Morgan fingerprint density at radius 3 is 1.08 bits per heavy atom. The van der Waals surface area contributed by atoms with Crippen LogP contribution in [0.3, 0.4) is 0 Å². The number of ether oxygens (including phenoxy) is 3. The van der Waals surface area contributed by atoms with Crippen LogP contribution < -0.4 is 14.2 Å². The number of carbonyl (C=O) groups is 1. The number of halogens is 1. The summed E-state index contributed by atoms with van der Waals surface area (Å²) in [6, 6.07) is 3.16. The fourth-order valence-corrected chi connectivity index (χ4v) is 7.27. The summed E-state index contributed by atoms with van der Waals surface area (Å²) in [5.74, 6) is 36.3. The van der Waals surface area contributed by atoms with Crippen molar-refractivity contribution in [2.24, 2.45) is 0 Å². The minimum absolute atomic E-state index is 0. The predicted octanol–water partition coefficient (Wildman–Crippen LogP) is 19.8. The highest BCUT2D eigenvalue weighted by atomic mass is 35.5. The van der Waals surface area contributed by atoms with Crippen molar-refractivity contribution < 1.29 is 44.7 Å².